The first-order valence-electron chi connectivity index (χ1n) is 8.39. The van der Waals surface area contributed by atoms with Gasteiger partial charge in [-0.3, -0.25) is 4.68 Å². The Labute approximate surface area is 147 Å². The van der Waals surface area contributed by atoms with E-state index in [9.17, 15) is 9.18 Å². The molecule has 1 saturated carbocycles. The van der Waals surface area contributed by atoms with Crippen LogP contribution in [0.25, 0.3) is 0 Å². The normalized spacial score (nSPS) is 20.4. The molecule has 3 unspecified atom stereocenters. The molecule has 1 fully saturated rings. The van der Waals surface area contributed by atoms with Crippen LogP contribution in [0.4, 0.5) is 9.18 Å². The Morgan fingerprint density at radius 3 is 2.92 bits per heavy atom. The summed E-state index contributed by atoms with van der Waals surface area (Å²) in [6, 6.07) is 6.50. The summed E-state index contributed by atoms with van der Waals surface area (Å²) in [5.41, 5.74) is 1.99. The molecule has 0 aliphatic heterocycles. The SMILES string of the molecule is CN(C)C(CNC(=O)NC1CC1c1cccc(F)c1)c1cnn(C)c1. The number of amides is 2. The minimum atomic E-state index is -0.238. The number of carbonyl (C=O) groups excluding carboxylic acids is 1. The van der Waals surface area contributed by atoms with Crippen molar-refractivity contribution in [3.63, 3.8) is 0 Å². The van der Waals surface area contributed by atoms with Crippen LogP contribution in [0, 0.1) is 5.82 Å². The van der Waals surface area contributed by atoms with Crippen molar-refractivity contribution in [2.75, 3.05) is 20.6 Å². The summed E-state index contributed by atoms with van der Waals surface area (Å²) < 4.78 is 15.0. The fourth-order valence-corrected chi connectivity index (χ4v) is 3.08. The second-order valence-electron chi connectivity index (χ2n) is 6.78. The van der Waals surface area contributed by atoms with Crippen LogP contribution in [0.2, 0.25) is 0 Å². The highest BCUT2D eigenvalue weighted by Gasteiger charge is 2.39. The van der Waals surface area contributed by atoms with Crippen LogP contribution in [0.3, 0.4) is 0 Å². The molecule has 1 aliphatic rings. The third-order valence-electron chi connectivity index (χ3n) is 4.57. The molecule has 1 aliphatic carbocycles. The third-order valence-corrected chi connectivity index (χ3v) is 4.57. The lowest BCUT2D eigenvalue weighted by atomic mass is 10.1. The van der Waals surface area contributed by atoms with Gasteiger partial charge in [0.1, 0.15) is 5.82 Å². The van der Waals surface area contributed by atoms with Crippen LogP contribution < -0.4 is 10.6 Å². The lowest BCUT2D eigenvalue weighted by molar-refractivity contribution is 0.232. The van der Waals surface area contributed by atoms with Crippen LogP contribution in [0.5, 0.6) is 0 Å². The summed E-state index contributed by atoms with van der Waals surface area (Å²) in [4.78, 5) is 14.2. The van der Waals surface area contributed by atoms with Crippen molar-refractivity contribution >= 4 is 6.03 Å². The largest absolute Gasteiger partial charge is 0.336 e. The second kappa shape index (κ2) is 7.23. The summed E-state index contributed by atoms with van der Waals surface area (Å²) in [6.07, 6.45) is 4.60. The summed E-state index contributed by atoms with van der Waals surface area (Å²) in [6.45, 7) is 0.488. The molecule has 3 rings (SSSR count). The van der Waals surface area contributed by atoms with Crippen molar-refractivity contribution in [1.29, 1.82) is 0 Å². The number of carbonyl (C=O) groups is 1. The molecule has 134 valence electrons. The number of rotatable bonds is 6. The van der Waals surface area contributed by atoms with E-state index >= 15 is 0 Å². The highest BCUT2D eigenvalue weighted by Crippen LogP contribution is 2.40. The van der Waals surface area contributed by atoms with Gasteiger partial charge in [-0.15, -0.1) is 0 Å². The third kappa shape index (κ3) is 4.36. The number of aryl methyl sites for hydroxylation is 1. The monoisotopic (exact) mass is 345 g/mol. The quantitative estimate of drug-likeness (QED) is 0.842. The molecule has 1 heterocycles. The Morgan fingerprint density at radius 2 is 2.28 bits per heavy atom. The van der Waals surface area contributed by atoms with Crippen molar-refractivity contribution in [2.45, 2.75) is 24.4 Å². The Kier molecular flexibility index (Phi) is 5.03. The maximum atomic E-state index is 13.3. The van der Waals surface area contributed by atoms with Gasteiger partial charge in [0.2, 0.25) is 0 Å². The number of nitrogens with zero attached hydrogens (tertiary/aromatic N) is 3. The molecule has 3 atom stereocenters. The molecule has 6 nitrogen and oxygen atoms in total. The van der Waals surface area contributed by atoms with Crippen LogP contribution in [0.15, 0.2) is 36.7 Å². The van der Waals surface area contributed by atoms with Crippen LogP contribution in [0.1, 0.15) is 29.5 Å². The predicted octanol–water partition coefficient (Wildman–Crippen LogP) is 2.02. The van der Waals surface area contributed by atoms with Gasteiger partial charge in [0.25, 0.3) is 0 Å². The Hall–Kier alpha value is -2.41. The molecule has 0 bridgehead atoms. The van der Waals surface area contributed by atoms with E-state index in [0.29, 0.717) is 6.54 Å². The van der Waals surface area contributed by atoms with Crippen molar-refractivity contribution < 1.29 is 9.18 Å². The van der Waals surface area contributed by atoms with Crippen LogP contribution in [-0.4, -0.2) is 47.4 Å². The molecule has 7 heteroatoms. The zero-order valence-corrected chi connectivity index (χ0v) is 14.7. The molecule has 25 heavy (non-hydrogen) atoms. The van der Waals surface area contributed by atoms with Crippen molar-refractivity contribution in [1.82, 2.24) is 25.3 Å². The minimum Gasteiger partial charge on any atom is -0.336 e. The average molecular weight is 345 g/mol. The van der Waals surface area contributed by atoms with Gasteiger partial charge < -0.3 is 15.5 Å². The highest BCUT2D eigenvalue weighted by molar-refractivity contribution is 5.75. The number of hydrogen-bond acceptors (Lipinski definition) is 3. The first-order chi connectivity index (χ1) is 11.9. The molecule has 1 aromatic carbocycles. The van der Waals surface area contributed by atoms with Gasteiger partial charge in [0, 0.05) is 37.3 Å². The predicted molar refractivity (Wildman–Crippen MR) is 93.7 cm³/mol. The van der Waals surface area contributed by atoms with Crippen molar-refractivity contribution in [3.05, 3.63) is 53.6 Å². The van der Waals surface area contributed by atoms with E-state index in [1.54, 1.807) is 10.7 Å². The van der Waals surface area contributed by atoms with Crippen LogP contribution >= 0.6 is 0 Å². The standard InChI is InChI=1S/C18H24FN5O/c1-23(2)17(13-9-21-24(3)11-13)10-20-18(25)22-16-8-15(16)12-5-4-6-14(19)7-12/h4-7,9,11,15-17H,8,10H2,1-3H3,(H2,20,22,25). The van der Waals surface area contributed by atoms with E-state index < -0.39 is 0 Å². The second-order valence-corrected chi connectivity index (χ2v) is 6.78. The fraction of sp³-hybridized carbons (Fsp3) is 0.444. The van der Waals surface area contributed by atoms with Crippen molar-refractivity contribution in [2.24, 2.45) is 7.05 Å². The van der Waals surface area contributed by atoms with Gasteiger partial charge >= 0.3 is 6.03 Å². The smallest absolute Gasteiger partial charge is 0.315 e. The molecule has 0 saturated heterocycles. The Morgan fingerprint density at radius 1 is 1.48 bits per heavy atom. The number of likely N-dealkylation sites (N-methyl/N-ethyl adjacent to an activating group) is 1. The van der Waals surface area contributed by atoms with E-state index in [1.807, 2.05) is 44.5 Å². The van der Waals surface area contributed by atoms with Crippen LogP contribution in [-0.2, 0) is 7.05 Å². The zero-order valence-electron chi connectivity index (χ0n) is 14.7. The number of halogens is 1. The highest BCUT2D eigenvalue weighted by atomic mass is 19.1. The number of hydrogen-bond donors (Lipinski definition) is 2. The topological polar surface area (TPSA) is 62.2 Å². The Bertz CT molecular complexity index is 745. The summed E-state index contributed by atoms with van der Waals surface area (Å²) in [7, 11) is 5.81. The van der Waals surface area contributed by atoms with E-state index in [0.717, 1.165) is 17.5 Å². The van der Waals surface area contributed by atoms with E-state index in [1.165, 1.54) is 12.1 Å². The van der Waals surface area contributed by atoms with Gasteiger partial charge in [-0.05, 0) is 38.2 Å². The lowest BCUT2D eigenvalue weighted by Gasteiger charge is -2.23. The van der Waals surface area contributed by atoms with E-state index in [-0.39, 0.29) is 29.8 Å². The maximum Gasteiger partial charge on any atom is 0.315 e. The van der Waals surface area contributed by atoms with Crippen molar-refractivity contribution in [3.8, 4) is 0 Å². The van der Waals surface area contributed by atoms with Gasteiger partial charge in [-0.25, -0.2) is 9.18 Å². The number of urea groups is 1. The Balaban J connectivity index is 1.50. The van der Waals surface area contributed by atoms with Gasteiger partial charge in [-0.2, -0.15) is 5.10 Å². The zero-order chi connectivity index (χ0) is 18.0. The number of nitrogens with one attached hydrogen (secondary N) is 2. The van der Waals surface area contributed by atoms with E-state index in [2.05, 4.69) is 15.7 Å². The summed E-state index contributed by atoms with van der Waals surface area (Å²) in [5.74, 6) is -0.0395. The molecule has 0 spiro atoms. The van der Waals surface area contributed by atoms with Gasteiger partial charge in [-0.1, -0.05) is 12.1 Å². The number of benzene rings is 1. The first kappa shape index (κ1) is 17.4. The minimum absolute atomic E-state index is 0.0534. The molecule has 2 amide bonds. The maximum absolute atomic E-state index is 13.3. The van der Waals surface area contributed by atoms with Gasteiger partial charge in [0.15, 0.2) is 0 Å². The molecule has 2 N–H and O–H groups in total. The molecular formula is C18H24FN5O. The first-order valence-corrected chi connectivity index (χ1v) is 8.39. The average Bonchev–Trinajstić information content (AvgIpc) is 3.18. The number of aromatic nitrogens is 2. The molecular weight excluding hydrogens is 321 g/mol. The summed E-state index contributed by atoms with van der Waals surface area (Å²) in [5, 5.41) is 10.1. The van der Waals surface area contributed by atoms with E-state index in [4.69, 9.17) is 0 Å². The summed E-state index contributed by atoms with van der Waals surface area (Å²) >= 11 is 0. The lowest BCUT2D eigenvalue weighted by Crippen LogP contribution is -2.41. The molecule has 2 aromatic rings. The molecule has 0 radical (unpaired) electrons. The molecule has 1 aromatic heterocycles. The fourth-order valence-electron chi connectivity index (χ4n) is 3.08. The van der Waals surface area contributed by atoms with Gasteiger partial charge in [0.05, 0.1) is 12.2 Å².